The van der Waals surface area contributed by atoms with E-state index in [4.69, 9.17) is 0 Å². The second-order valence-corrected chi connectivity index (χ2v) is 3.24. The maximum atomic E-state index is 9.33. The Morgan fingerprint density at radius 1 is 1.60 bits per heavy atom. The average molecular weight is 143 g/mol. The summed E-state index contributed by atoms with van der Waals surface area (Å²) in [4.78, 5) is 0. The predicted octanol–water partition coefficient (Wildman–Crippen LogP) is 0.898. The molecule has 3 atom stereocenters. The summed E-state index contributed by atoms with van der Waals surface area (Å²) < 4.78 is 0. The second-order valence-electron chi connectivity index (χ2n) is 3.24. The fourth-order valence-electron chi connectivity index (χ4n) is 1.60. The van der Waals surface area contributed by atoms with E-state index < -0.39 is 0 Å². The van der Waals surface area contributed by atoms with Crippen LogP contribution in [0.2, 0.25) is 0 Å². The van der Waals surface area contributed by atoms with Crippen LogP contribution in [0.15, 0.2) is 0 Å². The molecular formula is C8H17NO. The Balaban J connectivity index is 2.27. The van der Waals surface area contributed by atoms with Crippen molar-refractivity contribution in [3.05, 3.63) is 0 Å². The molecule has 0 saturated carbocycles. The normalized spacial score (nSPS) is 40.5. The number of aliphatic hydroxyl groups excluding tert-OH is 1. The van der Waals surface area contributed by atoms with Crippen LogP contribution in [0.3, 0.4) is 0 Å². The van der Waals surface area contributed by atoms with Crippen molar-refractivity contribution in [2.24, 2.45) is 0 Å². The summed E-state index contributed by atoms with van der Waals surface area (Å²) >= 11 is 0. The van der Waals surface area contributed by atoms with Crippen molar-refractivity contribution in [3.8, 4) is 0 Å². The zero-order valence-electron chi connectivity index (χ0n) is 6.80. The van der Waals surface area contributed by atoms with Gasteiger partial charge in [-0.25, -0.2) is 0 Å². The number of aliphatic hydroxyl groups is 1. The van der Waals surface area contributed by atoms with Crippen LogP contribution in [-0.4, -0.2) is 23.3 Å². The van der Waals surface area contributed by atoms with Crippen LogP contribution < -0.4 is 5.32 Å². The predicted molar refractivity (Wildman–Crippen MR) is 41.9 cm³/mol. The van der Waals surface area contributed by atoms with Gasteiger partial charge in [0, 0.05) is 12.1 Å². The summed E-state index contributed by atoms with van der Waals surface area (Å²) in [5, 5.41) is 12.7. The molecule has 0 spiro atoms. The summed E-state index contributed by atoms with van der Waals surface area (Å²) in [5.41, 5.74) is 0. The van der Waals surface area contributed by atoms with Crippen molar-refractivity contribution >= 4 is 0 Å². The molecule has 1 fully saturated rings. The first-order chi connectivity index (χ1) is 4.74. The molecule has 0 radical (unpaired) electrons. The summed E-state index contributed by atoms with van der Waals surface area (Å²) in [5.74, 6) is 0. The molecule has 1 aliphatic heterocycles. The molecule has 0 aliphatic carbocycles. The monoisotopic (exact) mass is 143 g/mol. The highest BCUT2D eigenvalue weighted by Crippen LogP contribution is 2.16. The summed E-state index contributed by atoms with van der Waals surface area (Å²) in [7, 11) is 0. The molecule has 0 amide bonds. The molecule has 2 heteroatoms. The van der Waals surface area contributed by atoms with E-state index in [0.29, 0.717) is 12.1 Å². The Hall–Kier alpha value is -0.0800. The van der Waals surface area contributed by atoms with Gasteiger partial charge in [0.15, 0.2) is 0 Å². The molecule has 1 heterocycles. The van der Waals surface area contributed by atoms with Gasteiger partial charge in [-0.15, -0.1) is 0 Å². The first kappa shape index (κ1) is 8.02. The highest BCUT2D eigenvalue weighted by atomic mass is 16.3. The molecule has 2 N–H and O–H groups in total. The van der Waals surface area contributed by atoms with Gasteiger partial charge in [-0.2, -0.15) is 0 Å². The Morgan fingerprint density at radius 3 is 2.70 bits per heavy atom. The standard InChI is InChI=1S/C8H17NO/c1-3-4-7-5-8(10)6(2)9-7/h6-10H,3-5H2,1-2H3/t6-,7+,8+/m0/s1. The second kappa shape index (κ2) is 3.35. The molecule has 1 rings (SSSR count). The van der Waals surface area contributed by atoms with Crippen LogP contribution in [-0.2, 0) is 0 Å². The van der Waals surface area contributed by atoms with Gasteiger partial charge in [-0.1, -0.05) is 13.3 Å². The van der Waals surface area contributed by atoms with E-state index in [1.54, 1.807) is 0 Å². The minimum absolute atomic E-state index is 0.114. The van der Waals surface area contributed by atoms with Crippen molar-refractivity contribution in [1.29, 1.82) is 0 Å². The van der Waals surface area contributed by atoms with Crippen LogP contribution >= 0.6 is 0 Å². The SMILES string of the molecule is CCC[C@@H]1C[C@@H](O)[C@H](C)N1. The van der Waals surface area contributed by atoms with Gasteiger partial charge in [0.05, 0.1) is 6.10 Å². The quantitative estimate of drug-likeness (QED) is 0.602. The first-order valence-corrected chi connectivity index (χ1v) is 4.18. The minimum atomic E-state index is -0.114. The molecule has 0 bridgehead atoms. The molecule has 10 heavy (non-hydrogen) atoms. The van der Waals surface area contributed by atoms with Crippen LogP contribution in [0.4, 0.5) is 0 Å². The van der Waals surface area contributed by atoms with Crippen LogP contribution in [0, 0.1) is 0 Å². The first-order valence-electron chi connectivity index (χ1n) is 4.18. The molecule has 2 nitrogen and oxygen atoms in total. The average Bonchev–Trinajstić information content (AvgIpc) is 2.14. The van der Waals surface area contributed by atoms with Gasteiger partial charge in [0.1, 0.15) is 0 Å². The molecule has 1 saturated heterocycles. The lowest BCUT2D eigenvalue weighted by Gasteiger charge is -2.08. The Morgan fingerprint density at radius 2 is 2.30 bits per heavy atom. The van der Waals surface area contributed by atoms with Gasteiger partial charge in [0.2, 0.25) is 0 Å². The lowest BCUT2D eigenvalue weighted by Crippen LogP contribution is -2.29. The van der Waals surface area contributed by atoms with Crippen molar-refractivity contribution in [2.45, 2.75) is 51.3 Å². The van der Waals surface area contributed by atoms with Gasteiger partial charge >= 0.3 is 0 Å². The minimum Gasteiger partial charge on any atom is -0.391 e. The highest BCUT2D eigenvalue weighted by Gasteiger charge is 2.27. The van der Waals surface area contributed by atoms with E-state index in [1.807, 2.05) is 6.92 Å². The van der Waals surface area contributed by atoms with Crippen LogP contribution in [0.5, 0.6) is 0 Å². The molecule has 1 aliphatic rings. The Kier molecular flexibility index (Phi) is 2.69. The highest BCUT2D eigenvalue weighted by molar-refractivity contribution is 4.87. The number of nitrogens with one attached hydrogen (secondary N) is 1. The number of hydrogen-bond donors (Lipinski definition) is 2. The van der Waals surface area contributed by atoms with Gasteiger partial charge in [-0.05, 0) is 19.8 Å². The Labute approximate surface area is 62.6 Å². The fraction of sp³-hybridized carbons (Fsp3) is 1.00. The molecule has 0 unspecified atom stereocenters. The third kappa shape index (κ3) is 1.70. The van der Waals surface area contributed by atoms with E-state index in [-0.39, 0.29) is 6.10 Å². The smallest absolute Gasteiger partial charge is 0.0705 e. The van der Waals surface area contributed by atoms with Crippen molar-refractivity contribution < 1.29 is 5.11 Å². The maximum absolute atomic E-state index is 9.33. The number of rotatable bonds is 2. The number of hydrogen-bond acceptors (Lipinski definition) is 2. The van der Waals surface area contributed by atoms with Crippen molar-refractivity contribution in [3.63, 3.8) is 0 Å². The largest absolute Gasteiger partial charge is 0.391 e. The van der Waals surface area contributed by atoms with Crippen LogP contribution in [0.25, 0.3) is 0 Å². The van der Waals surface area contributed by atoms with Crippen LogP contribution in [0.1, 0.15) is 33.1 Å². The maximum Gasteiger partial charge on any atom is 0.0705 e. The van der Waals surface area contributed by atoms with E-state index in [9.17, 15) is 5.11 Å². The molecule has 60 valence electrons. The molecule has 0 aromatic rings. The zero-order valence-corrected chi connectivity index (χ0v) is 6.80. The lowest BCUT2D eigenvalue weighted by molar-refractivity contribution is 0.164. The van der Waals surface area contributed by atoms with E-state index >= 15 is 0 Å². The third-order valence-corrected chi connectivity index (χ3v) is 2.24. The Bertz CT molecular complexity index is 95.4. The summed E-state index contributed by atoms with van der Waals surface area (Å²) in [6.07, 6.45) is 3.23. The van der Waals surface area contributed by atoms with E-state index in [0.717, 1.165) is 6.42 Å². The summed E-state index contributed by atoms with van der Waals surface area (Å²) in [6, 6.07) is 0.867. The fourth-order valence-corrected chi connectivity index (χ4v) is 1.60. The van der Waals surface area contributed by atoms with E-state index in [1.165, 1.54) is 12.8 Å². The van der Waals surface area contributed by atoms with Gasteiger partial charge in [0.25, 0.3) is 0 Å². The molecule has 0 aromatic carbocycles. The van der Waals surface area contributed by atoms with Gasteiger partial charge < -0.3 is 10.4 Å². The zero-order chi connectivity index (χ0) is 7.56. The van der Waals surface area contributed by atoms with Gasteiger partial charge in [-0.3, -0.25) is 0 Å². The summed E-state index contributed by atoms with van der Waals surface area (Å²) in [6.45, 7) is 4.22. The third-order valence-electron chi connectivity index (χ3n) is 2.24. The molecule has 0 aromatic heterocycles. The molecular weight excluding hydrogens is 126 g/mol. The van der Waals surface area contributed by atoms with Crippen molar-refractivity contribution in [2.75, 3.05) is 0 Å². The van der Waals surface area contributed by atoms with E-state index in [2.05, 4.69) is 12.2 Å². The lowest BCUT2D eigenvalue weighted by atomic mass is 10.1. The van der Waals surface area contributed by atoms with Crippen molar-refractivity contribution in [1.82, 2.24) is 5.32 Å². The topological polar surface area (TPSA) is 32.3 Å².